The fraction of sp³-hybridized carbons (Fsp3) is 0.350. The van der Waals surface area contributed by atoms with E-state index in [1.54, 1.807) is 18.7 Å². The van der Waals surface area contributed by atoms with Gasteiger partial charge < -0.3 is 9.80 Å². The summed E-state index contributed by atoms with van der Waals surface area (Å²) in [4.78, 5) is 18.3. The number of para-hydroxylation sites is 1. The van der Waals surface area contributed by atoms with Crippen molar-refractivity contribution in [3.05, 3.63) is 54.6 Å². The zero-order valence-corrected chi connectivity index (χ0v) is 15.6. The van der Waals surface area contributed by atoms with Crippen LogP contribution in [0.15, 0.2) is 64.4 Å². The molecule has 1 saturated heterocycles. The van der Waals surface area contributed by atoms with E-state index in [-0.39, 0.29) is 5.91 Å². The van der Waals surface area contributed by atoms with Crippen molar-refractivity contribution in [1.82, 2.24) is 4.90 Å². The summed E-state index contributed by atoms with van der Waals surface area (Å²) in [5.41, 5.74) is 1.26. The van der Waals surface area contributed by atoms with Crippen molar-refractivity contribution < 1.29 is 4.79 Å². The average molecular weight is 343 g/mol. The lowest BCUT2D eigenvalue weighted by Gasteiger charge is -2.36. The summed E-state index contributed by atoms with van der Waals surface area (Å²) in [7, 11) is 0. The first-order chi connectivity index (χ1) is 11.7. The summed E-state index contributed by atoms with van der Waals surface area (Å²) < 4.78 is 0. The molecular formula is C20H26N2OS. The van der Waals surface area contributed by atoms with Crippen LogP contribution in [0.3, 0.4) is 0 Å². The molecule has 0 saturated carbocycles. The number of hydrogen-bond donors (Lipinski definition) is 0. The molecule has 1 fully saturated rings. The topological polar surface area (TPSA) is 23.6 Å². The van der Waals surface area contributed by atoms with Crippen LogP contribution in [0.5, 0.6) is 0 Å². The van der Waals surface area contributed by atoms with Gasteiger partial charge in [-0.1, -0.05) is 55.9 Å². The highest BCUT2D eigenvalue weighted by Crippen LogP contribution is 2.35. The molecule has 1 aliphatic heterocycles. The third-order valence-corrected chi connectivity index (χ3v) is 4.97. The third kappa shape index (κ3) is 4.78. The summed E-state index contributed by atoms with van der Waals surface area (Å²) in [6.45, 7) is 9.05. The Morgan fingerprint density at radius 2 is 1.46 bits per heavy atom. The number of nitrogens with zero attached hydrogens (tertiary/aromatic N) is 2. The lowest BCUT2D eigenvalue weighted by atomic mass is 10.2. The molecule has 128 valence electrons. The molecule has 0 N–H and O–H groups in total. The van der Waals surface area contributed by atoms with Crippen LogP contribution in [0, 0.1) is 0 Å². The smallest absolute Gasteiger partial charge is 0.219 e. The zero-order valence-electron chi connectivity index (χ0n) is 14.7. The molecule has 0 aromatic heterocycles. The second-order valence-corrected chi connectivity index (χ2v) is 6.49. The Hall–Kier alpha value is -1.94. The number of benzene rings is 2. The van der Waals surface area contributed by atoms with E-state index in [0.717, 1.165) is 26.2 Å². The minimum atomic E-state index is 0.173. The number of anilines is 1. The Labute approximate surface area is 149 Å². The standard InChI is InChI=1S/C18H20N2OS.C2H6/c1-15(21)19-11-13-20(14-12-19)17-9-5-6-10-18(17)22-16-7-3-2-4-8-16;1-2/h2-10H,11-14H2,1H3;1-2H3. The van der Waals surface area contributed by atoms with E-state index < -0.39 is 0 Å². The number of carbonyl (C=O) groups is 1. The fourth-order valence-electron chi connectivity index (χ4n) is 2.68. The summed E-state index contributed by atoms with van der Waals surface area (Å²) in [6.07, 6.45) is 0. The molecule has 2 aromatic rings. The van der Waals surface area contributed by atoms with Gasteiger partial charge in [0.2, 0.25) is 5.91 Å². The Kier molecular flexibility index (Phi) is 7.19. The third-order valence-electron chi connectivity index (χ3n) is 3.90. The Morgan fingerprint density at radius 1 is 0.875 bits per heavy atom. The number of rotatable bonds is 3. The Morgan fingerprint density at radius 3 is 2.08 bits per heavy atom. The highest BCUT2D eigenvalue weighted by Gasteiger charge is 2.20. The Balaban J connectivity index is 0.00000100. The lowest BCUT2D eigenvalue weighted by molar-refractivity contribution is -0.129. The van der Waals surface area contributed by atoms with E-state index in [4.69, 9.17) is 0 Å². The van der Waals surface area contributed by atoms with E-state index in [1.807, 2.05) is 24.8 Å². The van der Waals surface area contributed by atoms with Crippen LogP contribution in [0.1, 0.15) is 20.8 Å². The summed E-state index contributed by atoms with van der Waals surface area (Å²) in [5.74, 6) is 0.173. The minimum Gasteiger partial charge on any atom is -0.367 e. The molecule has 1 heterocycles. The highest BCUT2D eigenvalue weighted by molar-refractivity contribution is 7.99. The summed E-state index contributed by atoms with van der Waals surface area (Å²) in [6, 6.07) is 19.0. The summed E-state index contributed by atoms with van der Waals surface area (Å²) in [5, 5.41) is 0. The quantitative estimate of drug-likeness (QED) is 0.818. The number of amides is 1. The van der Waals surface area contributed by atoms with Crippen molar-refractivity contribution in [1.29, 1.82) is 0 Å². The van der Waals surface area contributed by atoms with Gasteiger partial charge in [0.05, 0.1) is 5.69 Å². The largest absolute Gasteiger partial charge is 0.367 e. The molecule has 4 heteroatoms. The maximum Gasteiger partial charge on any atom is 0.219 e. The molecule has 24 heavy (non-hydrogen) atoms. The fourth-order valence-corrected chi connectivity index (χ4v) is 3.68. The van der Waals surface area contributed by atoms with Crippen LogP contribution in [-0.2, 0) is 4.79 Å². The van der Waals surface area contributed by atoms with Gasteiger partial charge in [0.1, 0.15) is 0 Å². The van der Waals surface area contributed by atoms with Crippen LogP contribution in [0.2, 0.25) is 0 Å². The first-order valence-corrected chi connectivity index (χ1v) is 9.38. The molecule has 0 unspecified atom stereocenters. The molecule has 3 rings (SSSR count). The van der Waals surface area contributed by atoms with Crippen molar-refractivity contribution in [2.24, 2.45) is 0 Å². The van der Waals surface area contributed by atoms with Crippen LogP contribution < -0.4 is 4.90 Å². The predicted molar refractivity (Wildman–Crippen MR) is 103 cm³/mol. The highest BCUT2D eigenvalue weighted by atomic mass is 32.2. The first-order valence-electron chi connectivity index (χ1n) is 8.56. The molecule has 0 bridgehead atoms. The lowest BCUT2D eigenvalue weighted by Crippen LogP contribution is -2.48. The van der Waals surface area contributed by atoms with Gasteiger partial charge in [0.25, 0.3) is 0 Å². The van der Waals surface area contributed by atoms with E-state index in [2.05, 4.69) is 53.4 Å². The SMILES string of the molecule is CC.CC(=O)N1CCN(c2ccccc2Sc2ccccc2)CC1. The van der Waals surface area contributed by atoms with E-state index >= 15 is 0 Å². The molecule has 0 radical (unpaired) electrons. The van der Waals surface area contributed by atoms with E-state index in [1.165, 1.54) is 15.5 Å². The normalized spacial score (nSPS) is 14.0. The number of carbonyl (C=O) groups excluding carboxylic acids is 1. The molecule has 2 aromatic carbocycles. The average Bonchev–Trinajstić information content (AvgIpc) is 2.65. The monoisotopic (exact) mass is 342 g/mol. The number of piperazine rings is 1. The van der Waals surface area contributed by atoms with Gasteiger partial charge in [-0.2, -0.15) is 0 Å². The van der Waals surface area contributed by atoms with Crippen molar-refractivity contribution in [3.8, 4) is 0 Å². The van der Waals surface area contributed by atoms with Gasteiger partial charge in [0.15, 0.2) is 0 Å². The molecule has 3 nitrogen and oxygen atoms in total. The molecule has 0 spiro atoms. The van der Waals surface area contributed by atoms with Crippen LogP contribution in [0.4, 0.5) is 5.69 Å². The molecule has 0 aliphatic carbocycles. The zero-order chi connectivity index (χ0) is 17.4. The minimum absolute atomic E-state index is 0.173. The van der Waals surface area contributed by atoms with Gasteiger partial charge in [0, 0.05) is 42.9 Å². The van der Waals surface area contributed by atoms with Gasteiger partial charge in [-0.05, 0) is 24.3 Å². The molecule has 1 amide bonds. The second kappa shape index (κ2) is 9.38. The maximum atomic E-state index is 11.5. The molecule has 0 atom stereocenters. The van der Waals surface area contributed by atoms with Crippen LogP contribution in [-0.4, -0.2) is 37.0 Å². The van der Waals surface area contributed by atoms with Gasteiger partial charge in [-0.3, -0.25) is 4.79 Å². The van der Waals surface area contributed by atoms with Gasteiger partial charge in [-0.15, -0.1) is 0 Å². The Bertz CT molecular complexity index is 637. The van der Waals surface area contributed by atoms with Crippen LogP contribution >= 0.6 is 11.8 Å². The van der Waals surface area contributed by atoms with Gasteiger partial charge >= 0.3 is 0 Å². The molecule has 1 aliphatic rings. The predicted octanol–water partition coefficient (Wildman–Crippen LogP) is 4.53. The van der Waals surface area contributed by atoms with Crippen molar-refractivity contribution >= 4 is 23.4 Å². The second-order valence-electron chi connectivity index (χ2n) is 5.38. The summed E-state index contributed by atoms with van der Waals surface area (Å²) >= 11 is 1.79. The maximum absolute atomic E-state index is 11.5. The van der Waals surface area contributed by atoms with Crippen molar-refractivity contribution in [3.63, 3.8) is 0 Å². The van der Waals surface area contributed by atoms with Crippen molar-refractivity contribution in [2.45, 2.75) is 30.6 Å². The van der Waals surface area contributed by atoms with Crippen LogP contribution in [0.25, 0.3) is 0 Å². The van der Waals surface area contributed by atoms with Crippen molar-refractivity contribution in [2.75, 3.05) is 31.1 Å². The van der Waals surface area contributed by atoms with Gasteiger partial charge in [-0.25, -0.2) is 0 Å². The van der Waals surface area contributed by atoms with E-state index in [0.29, 0.717) is 0 Å². The first kappa shape index (κ1) is 18.4. The van der Waals surface area contributed by atoms with E-state index in [9.17, 15) is 4.79 Å². The number of hydrogen-bond acceptors (Lipinski definition) is 3. The molecular weight excluding hydrogens is 316 g/mol.